The maximum atomic E-state index is 12.9. The molecule has 1 fully saturated rings. The van der Waals surface area contributed by atoms with Gasteiger partial charge < -0.3 is 25.8 Å². The highest BCUT2D eigenvalue weighted by Gasteiger charge is 2.41. The molecule has 2 heterocycles. The van der Waals surface area contributed by atoms with Gasteiger partial charge in [-0.05, 0) is 71.5 Å². The molecule has 0 radical (unpaired) electrons. The average molecular weight is 605 g/mol. The van der Waals surface area contributed by atoms with E-state index < -0.39 is 35.7 Å². The number of amides is 3. The van der Waals surface area contributed by atoms with Crippen LogP contribution in [0.25, 0.3) is 16.2 Å². The molecule has 4 rings (SSSR count). The van der Waals surface area contributed by atoms with Gasteiger partial charge in [-0.1, -0.05) is 29.3 Å². The minimum absolute atomic E-state index is 0.196. The molecule has 3 aromatic rings. The van der Waals surface area contributed by atoms with Gasteiger partial charge >= 0.3 is 5.97 Å². The number of fused-ring (bicyclic) bond motifs is 1. The smallest absolute Gasteiger partial charge is 0.309 e. The summed E-state index contributed by atoms with van der Waals surface area (Å²) in [6.45, 7) is 0.538. The first-order valence-electron chi connectivity index (χ1n) is 12.4. The predicted octanol–water partition coefficient (Wildman–Crippen LogP) is 4.45. The van der Waals surface area contributed by atoms with Crippen LogP contribution in [-0.4, -0.2) is 59.9 Å². The largest absolute Gasteiger partial charge is 0.497 e. The van der Waals surface area contributed by atoms with Crippen LogP contribution in [0.2, 0.25) is 10.0 Å². The van der Waals surface area contributed by atoms with E-state index in [0.717, 1.165) is 10.1 Å². The first kappa shape index (κ1) is 29.4. The number of halogens is 2. The third-order valence-electron chi connectivity index (χ3n) is 6.99. The number of carbonyl (C=O) groups is 4. The minimum Gasteiger partial charge on any atom is -0.497 e. The molecule has 40 heavy (non-hydrogen) atoms. The van der Waals surface area contributed by atoms with E-state index in [4.69, 9.17) is 33.7 Å². The van der Waals surface area contributed by atoms with Gasteiger partial charge in [-0.15, -0.1) is 11.3 Å². The fraction of sp³-hybridized carbons (Fsp3) is 0.286. The number of hydrogen-bond acceptors (Lipinski definition) is 6. The van der Waals surface area contributed by atoms with Crippen molar-refractivity contribution in [3.8, 4) is 5.75 Å². The second-order valence-corrected chi connectivity index (χ2v) is 11.1. The van der Waals surface area contributed by atoms with Crippen LogP contribution in [0.4, 0.5) is 0 Å². The monoisotopic (exact) mass is 603 g/mol. The first-order valence-corrected chi connectivity index (χ1v) is 14.0. The molecule has 4 N–H and O–H groups in total. The maximum Gasteiger partial charge on any atom is 0.309 e. The van der Waals surface area contributed by atoms with Crippen molar-refractivity contribution in [3.05, 3.63) is 69.0 Å². The molecule has 0 saturated carbocycles. The number of carboxylic acids is 1. The van der Waals surface area contributed by atoms with E-state index >= 15 is 0 Å². The Morgan fingerprint density at radius 2 is 1.88 bits per heavy atom. The number of aliphatic carboxylic acids is 1. The van der Waals surface area contributed by atoms with E-state index in [1.807, 2.05) is 17.5 Å². The fourth-order valence-electron chi connectivity index (χ4n) is 4.88. The number of nitrogens with two attached hydrogens (primary N) is 1. The summed E-state index contributed by atoms with van der Waals surface area (Å²) in [6, 6.07) is 8.58. The Hall–Kier alpha value is -3.60. The molecular weight excluding hydrogens is 577 g/mol. The van der Waals surface area contributed by atoms with Gasteiger partial charge in [0.1, 0.15) is 11.8 Å². The average Bonchev–Trinajstić information content (AvgIpc) is 3.42. The van der Waals surface area contributed by atoms with Gasteiger partial charge in [-0.2, -0.15) is 0 Å². The Kier molecular flexibility index (Phi) is 9.34. The van der Waals surface area contributed by atoms with Crippen molar-refractivity contribution in [1.82, 2.24) is 10.2 Å². The summed E-state index contributed by atoms with van der Waals surface area (Å²) in [7, 11) is 1.45. The molecule has 0 bridgehead atoms. The Bertz CT molecular complexity index is 1480. The van der Waals surface area contributed by atoms with E-state index in [-0.39, 0.29) is 24.6 Å². The highest BCUT2D eigenvalue weighted by Crippen LogP contribution is 2.37. The molecule has 0 aliphatic carbocycles. The fourth-order valence-corrected chi connectivity index (χ4v) is 6.32. The molecule has 3 amide bonds. The summed E-state index contributed by atoms with van der Waals surface area (Å²) in [4.78, 5) is 51.9. The van der Waals surface area contributed by atoms with Gasteiger partial charge in [0.2, 0.25) is 11.8 Å². The lowest BCUT2D eigenvalue weighted by atomic mass is 9.79. The van der Waals surface area contributed by atoms with Gasteiger partial charge in [0.25, 0.3) is 5.91 Å². The molecule has 1 aliphatic heterocycles. The summed E-state index contributed by atoms with van der Waals surface area (Å²) in [5, 5.41) is 16.1. The number of ether oxygens (including phenoxy) is 1. The van der Waals surface area contributed by atoms with Crippen LogP contribution in [-0.2, 0) is 14.4 Å². The lowest BCUT2D eigenvalue weighted by Crippen LogP contribution is -2.55. The lowest BCUT2D eigenvalue weighted by molar-refractivity contribution is -0.148. The van der Waals surface area contributed by atoms with E-state index in [9.17, 15) is 24.3 Å². The van der Waals surface area contributed by atoms with Crippen LogP contribution in [0.3, 0.4) is 0 Å². The zero-order valence-electron chi connectivity index (χ0n) is 21.4. The number of primary amides is 1. The van der Waals surface area contributed by atoms with Crippen molar-refractivity contribution in [2.45, 2.75) is 18.9 Å². The molecule has 1 unspecified atom stereocenters. The third kappa shape index (κ3) is 6.41. The molecule has 2 atom stereocenters. The van der Waals surface area contributed by atoms with Crippen molar-refractivity contribution < 1.29 is 29.0 Å². The quantitative estimate of drug-likeness (QED) is 0.309. The van der Waals surface area contributed by atoms with Crippen molar-refractivity contribution in [3.63, 3.8) is 0 Å². The van der Waals surface area contributed by atoms with Gasteiger partial charge in [0.05, 0.1) is 27.8 Å². The van der Waals surface area contributed by atoms with Crippen LogP contribution in [0.15, 0.2) is 47.9 Å². The number of nitrogens with one attached hydrogen (secondary N) is 1. The second kappa shape index (κ2) is 12.7. The molecular formula is C28H27Cl2N3O6S. The number of thiophene rings is 1. The molecule has 0 spiro atoms. The number of carboxylic acid groups (broad SMARTS) is 1. The Labute approximate surface area is 244 Å². The molecule has 1 aliphatic rings. The van der Waals surface area contributed by atoms with Gasteiger partial charge in [0.15, 0.2) is 0 Å². The van der Waals surface area contributed by atoms with E-state index in [1.165, 1.54) is 36.7 Å². The summed E-state index contributed by atoms with van der Waals surface area (Å²) in [6.07, 6.45) is 3.63. The van der Waals surface area contributed by atoms with Crippen molar-refractivity contribution >= 4 is 74.4 Å². The molecule has 9 nitrogen and oxygen atoms in total. The topological polar surface area (TPSA) is 139 Å². The van der Waals surface area contributed by atoms with Crippen LogP contribution in [0.1, 0.15) is 28.8 Å². The number of nitrogens with zero attached hydrogens (tertiary/aromatic N) is 1. The van der Waals surface area contributed by atoms with Gasteiger partial charge in [-0.25, -0.2) is 0 Å². The van der Waals surface area contributed by atoms with Crippen molar-refractivity contribution in [2.24, 2.45) is 17.6 Å². The molecule has 2 aromatic carbocycles. The highest BCUT2D eigenvalue weighted by atomic mass is 35.5. The number of likely N-dealkylation sites (tertiary alicyclic amines) is 1. The minimum atomic E-state index is -1.44. The van der Waals surface area contributed by atoms with E-state index in [1.54, 1.807) is 23.1 Å². The third-order valence-corrected chi connectivity index (χ3v) is 8.93. The van der Waals surface area contributed by atoms with Crippen LogP contribution >= 0.6 is 34.5 Å². The van der Waals surface area contributed by atoms with Crippen LogP contribution in [0, 0.1) is 11.8 Å². The first-order chi connectivity index (χ1) is 19.1. The Morgan fingerprint density at radius 3 is 2.52 bits per heavy atom. The van der Waals surface area contributed by atoms with Gasteiger partial charge in [0, 0.05) is 24.7 Å². The summed E-state index contributed by atoms with van der Waals surface area (Å²) < 4.78 is 5.99. The number of rotatable bonds is 9. The van der Waals surface area contributed by atoms with Crippen LogP contribution in [0.5, 0.6) is 5.75 Å². The zero-order valence-corrected chi connectivity index (χ0v) is 23.8. The van der Waals surface area contributed by atoms with Crippen LogP contribution < -0.4 is 15.8 Å². The molecule has 1 saturated heterocycles. The summed E-state index contributed by atoms with van der Waals surface area (Å²) in [5.74, 6) is -4.45. The standard InChI is InChI=1S/C28H27Cl2N3O6S/c1-39-19-4-2-3-18(14-19)27(36)32-24(26(31)35)21(28(37)38)15-7-10-33(11-8-15)20(34)6-5-16-13-17-9-12-40-25(17)23(30)22(16)29/h2-6,9,12-15,21,24H,7-8,10-11H2,1H3,(H2,31,35)(H,32,36)(H,37,38)/t21?,24-/m1/s1. The second-order valence-electron chi connectivity index (χ2n) is 9.38. The normalized spacial score (nSPS) is 15.6. The highest BCUT2D eigenvalue weighted by molar-refractivity contribution is 7.18. The molecule has 210 valence electrons. The predicted molar refractivity (Wildman–Crippen MR) is 155 cm³/mol. The van der Waals surface area contributed by atoms with E-state index in [2.05, 4.69) is 5.32 Å². The molecule has 12 heteroatoms. The Balaban J connectivity index is 1.43. The van der Waals surface area contributed by atoms with Crippen molar-refractivity contribution in [2.75, 3.05) is 20.2 Å². The zero-order chi connectivity index (χ0) is 29.0. The number of carbonyl (C=O) groups excluding carboxylic acids is 3. The number of piperidine rings is 1. The van der Waals surface area contributed by atoms with E-state index in [0.29, 0.717) is 34.2 Å². The summed E-state index contributed by atoms with van der Waals surface area (Å²) in [5.41, 5.74) is 6.36. The molecule has 1 aromatic heterocycles. The Morgan fingerprint density at radius 1 is 1.15 bits per heavy atom. The number of methoxy groups -OCH3 is 1. The SMILES string of the molecule is COc1cccc(C(=O)N[C@@H](C(N)=O)C(C(=O)O)C2CCN(C(=O)C=Cc3cc4ccsc4c(Cl)c3Cl)CC2)c1. The van der Waals surface area contributed by atoms with Gasteiger partial charge in [-0.3, -0.25) is 19.2 Å². The number of hydrogen-bond donors (Lipinski definition) is 3. The lowest BCUT2D eigenvalue weighted by Gasteiger charge is -2.36. The summed E-state index contributed by atoms with van der Waals surface area (Å²) >= 11 is 14.2. The number of benzene rings is 2. The van der Waals surface area contributed by atoms with Crippen molar-refractivity contribution in [1.29, 1.82) is 0 Å². The maximum absolute atomic E-state index is 12.9.